The molecule has 0 spiro atoms. The van der Waals surface area contributed by atoms with Crippen molar-refractivity contribution in [1.29, 1.82) is 0 Å². The lowest BCUT2D eigenvalue weighted by Gasteiger charge is -2.14. The summed E-state index contributed by atoms with van der Waals surface area (Å²) in [6.45, 7) is 1.82. The highest BCUT2D eigenvalue weighted by Crippen LogP contribution is 2.31. The van der Waals surface area contributed by atoms with Crippen molar-refractivity contribution in [3.63, 3.8) is 0 Å². The SMILES string of the molecule is Cc1cccc(O)c1NC(=O)C1=CNC(Nc2cncc(-n3ccnc3)n2)S1. The molecule has 3 aromatic rings. The van der Waals surface area contributed by atoms with Crippen molar-refractivity contribution in [1.82, 2.24) is 24.8 Å². The van der Waals surface area contributed by atoms with Crippen molar-refractivity contribution < 1.29 is 9.90 Å². The second-order valence-electron chi connectivity index (χ2n) is 5.97. The zero-order chi connectivity index (χ0) is 19.5. The Balaban J connectivity index is 1.39. The third-order valence-corrected chi connectivity index (χ3v) is 5.04. The number of benzene rings is 1. The molecule has 1 unspecified atom stereocenters. The molecule has 0 bridgehead atoms. The van der Waals surface area contributed by atoms with Crippen LogP contribution in [-0.4, -0.2) is 36.0 Å². The van der Waals surface area contributed by atoms with Crippen LogP contribution in [0.5, 0.6) is 5.75 Å². The molecule has 0 fully saturated rings. The molecule has 0 saturated heterocycles. The number of hydrogen-bond donors (Lipinski definition) is 4. The number of phenols is 1. The van der Waals surface area contributed by atoms with Gasteiger partial charge in [0.2, 0.25) is 0 Å². The summed E-state index contributed by atoms with van der Waals surface area (Å²) >= 11 is 1.31. The van der Waals surface area contributed by atoms with E-state index in [0.717, 1.165) is 5.56 Å². The van der Waals surface area contributed by atoms with E-state index >= 15 is 0 Å². The van der Waals surface area contributed by atoms with E-state index in [1.54, 1.807) is 47.9 Å². The fourth-order valence-electron chi connectivity index (χ4n) is 2.61. The molecule has 1 aliphatic heterocycles. The van der Waals surface area contributed by atoms with Crippen molar-refractivity contribution in [3.05, 3.63) is 66.0 Å². The molecule has 142 valence electrons. The highest BCUT2D eigenvalue weighted by Gasteiger charge is 2.24. The van der Waals surface area contributed by atoms with Gasteiger partial charge in [-0.15, -0.1) is 0 Å². The van der Waals surface area contributed by atoms with Crippen LogP contribution in [0.2, 0.25) is 0 Å². The lowest BCUT2D eigenvalue weighted by Crippen LogP contribution is -2.26. The molecule has 0 aliphatic carbocycles. The van der Waals surface area contributed by atoms with Gasteiger partial charge in [0, 0.05) is 18.6 Å². The second kappa shape index (κ2) is 7.61. The molecule has 10 heteroatoms. The molecule has 0 saturated carbocycles. The Bertz CT molecular complexity index is 1020. The number of anilines is 2. The zero-order valence-electron chi connectivity index (χ0n) is 14.8. The quantitative estimate of drug-likeness (QED) is 0.486. The maximum atomic E-state index is 12.5. The van der Waals surface area contributed by atoms with Crippen LogP contribution >= 0.6 is 11.8 Å². The van der Waals surface area contributed by atoms with E-state index in [2.05, 4.69) is 30.9 Å². The molecule has 4 rings (SSSR count). The van der Waals surface area contributed by atoms with Crippen molar-refractivity contribution in [2.24, 2.45) is 0 Å². The number of phenolic OH excluding ortho intramolecular Hbond substituents is 1. The maximum absolute atomic E-state index is 12.5. The Morgan fingerprint density at radius 1 is 1.32 bits per heavy atom. The fraction of sp³-hybridized carbons (Fsp3) is 0.111. The van der Waals surface area contributed by atoms with Crippen LogP contribution in [0.4, 0.5) is 11.5 Å². The Kier molecular flexibility index (Phi) is 4.85. The van der Waals surface area contributed by atoms with Gasteiger partial charge in [-0.1, -0.05) is 23.9 Å². The maximum Gasteiger partial charge on any atom is 0.263 e. The van der Waals surface area contributed by atoms with E-state index in [1.165, 1.54) is 17.8 Å². The molecule has 9 nitrogen and oxygen atoms in total. The van der Waals surface area contributed by atoms with Crippen molar-refractivity contribution in [2.75, 3.05) is 10.6 Å². The van der Waals surface area contributed by atoms with Crippen LogP contribution in [0.25, 0.3) is 5.82 Å². The Labute approximate surface area is 164 Å². The van der Waals surface area contributed by atoms with Gasteiger partial charge in [0.1, 0.15) is 17.9 Å². The second-order valence-corrected chi connectivity index (χ2v) is 7.12. The summed E-state index contributed by atoms with van der Waals surface area (Å²) in [7, 11) is 0. The van der Waals surface area contributed by atoms with Gasteiger partial charge in [0.05, 0.1) is 23.0 Å². The van der Waals surface area contributed by atoms with Gasteiger partial charge in [-0.3, -0.25) is 14.3 Å². The Hall–Kier alpha value is -3.53. The number of imidazole rings is 1. The third-order valence-electron chi connectivity index (χ3n) is 3.99. The van der Waals surface area contributed by atoms with E-state index in [4.69, 9.17) is 0 Å². The third kappa shape index (κ3) is 3.76. The lowest BCUT2D eigenvalue weighted by atomic mass is 10.2. The minimum Gasteiger partial charge on any atom is -0.506 e. The van der Waals surface area contributed by atoms with Crippen molar-refractivity contribution >= 4 is 29.2 Å². The van der Waals surface area contributed by atoms with Crippen molar-refractivity contribution in [3.8, 4) is 11.6 Å². The number of aryl methyl sites for hydroxylation is 1. The van der Waals surface area contributed by atoms with Crippen LogP contribution in [0.15, 0.2) is 60.4 Å². The van der Waals surface area contributed by atoms with Gasteiger partial charge in [-0.05, 0) is 18.6 Å². The predicted molar refractivity (Wildman–Crippen MR) is 107 cm³/mol. The smallest absolute Gasteiger partial charge is 0.263 e. The average molecular weight is 395 g/mol. The first-order chi connectivity index (χ1) is 13.6. The Morgan fingerprint density at radius 2 is 2.21 bits per heavy atom. The number of nitrogens with one attached hydrogen (secondary N) is 3. The fourth-order valence-corrected chi connectivity index (χ4v) is 3.47. The van der Waals surface area contributed by atoms with Crippen molar-refractivity contribution in [2.45, 2.75) is 12.4 Å². The number of nitrogens with zero attached hydrogens (tertiary/aromatic N) is 4. The van der Waals surface area contributed by atoms with Gasteiger partial charge in [0.25, 0.3) is 5.91 Å². The molecular formula is C18H17N7O2S. The molecule has 2 aromatic heterocycles. The molecule has 1 aliphatic rings. The van der Waals surface area contributed by atoms with Gasteiger partial charge in [0.15, 0.2) is 11.3 Å². The summed E-state index contributed by atoms with van der Waals surface area (Å²) in [6.07, 6.45) is 9.94. The van der Waals surface area contributed by atoms with Crippen LogP contribution in [0, 0.1) is 6.92 Å². The number of carbonyl (C=O) groups excluding carboxylic acids is 1. The van der Waals surface area contributed by atoms with E-state index in [9.17, 15) is 9.90 Å². The summed E-state index contributed by atoms with van der Waals surface area (Å²) in [5.74, 6) is 0.921. The number of amides is 1. The van der Waals surface area contributed by atoms with E-state index in [1.807, 2.05) is 13.0 Å². The molecule has 28 heavy (non-hydrogen) atoms. The average Bonchev–Trinajstić information content (AvgIpc) is 3.37. The van der Waals surface area contributed by atoms with E-state index in [-0.39, 0.29) is 17.2 Å². The highest BCUT2D eigenvalue weighted by molar-refractivity contribution is 8.04. The first-order valence-corrected chi connectivity index (χ1v) is 9.28. The molecule has 1 amide bonds. The molecule has 1 aromatic carbocycles. The minimum atomic E-state index is -0.301. The number of hydrogen-bond acceptors (Lipinski definition) is 8. The van der Waals surface area contributed by atoms with E-state index in [0.29, 0.717) is 22.2 Å². The van der Waals surface area contributed by atoms with Gasteiger partial charge in [-0.2, -0.15) is 0 Å². The molecular weight excluding hydrogens is 378 g/mol. The summed E-state index contributed by atoms with van der Waals surface area (Å²) in [4.78, 5) is 25.6. The van der Waals surface area contributed by atoms with Crippen LogP contribution in [0.1, 0.15) is 5.56 Å². The topological polar surface area (TPSA) is 117 Å². The van der Waals surface area contributed by atoms with Gasteiger partial charge >= 0.3 is 0 Å². The molecule has 4 N–H and O–H groups in total. The number of thioether (sulfide) groups is 1. The molecule has 3 heterocycles. The number of aromatic hydroxyl groups is 1. The number of rotatable bonds is 5. The monoisotopic (exact) mass is 395 g/mol. The van der Waals surface area contributed by atoms with E-state index < -0.39 is 0 Å². The van der Waals surface area contributed by atoms with Crippen LogP contribution < -0.4 is 16.0 Å². The number of carbonyl (C=O) groups is 1. The number of para-hydroxylation sites is 1. The largest absolute Gasteiger partial charge is 0.506 e. The van der Waals surface area contributed by atoms with Gasteiger partial charge < -0.3 is 21.1 Å². The molecule has 0 radical (unpaired) electrons. The summed E-state index contributed by atoms with van der Waals surface area (Å²) in [6, 6.07) is 5.08. The Morgan fingerprint density at radius 3 is 3.00 bits per heavy atom. The summed E-state index contributed by atoms with van der Waals surface area (Å²) in [5.41, 5.74) is 0.911. The molecule has 1 atom stereocenters. The van der Waals surface area contributed by atoms with Crippen LogP contribution in [-0.2, 0) is 4.79 Å². The van der Waals surface area contributed by atoms with Crippen LogP contribution in [0.3, 0.4) is 0 Å². The highest BCUT2D eigenvalue weighted by atomic mass is 32.2. The standard InChI is InChI=1S/C18H17N7O2S/c1-11-3-2-4-12(26)16(11)24-17(27)13-7-21-18(28-13)23-14-8-20-9-15(22-14)25-6-5-19-10-25/h2-10,18,21,26H,1H3,(H,22,23)(H,24,27). The first kappa shape index (κ1) is 17.9. The zero-order valence-corrected chi connectivity index (χ0v) is 15.6. The lowest BCUT2D eigenvalue weighted by molar-refractivity contribution is -0.112. The summed E-state index contributed by atoms with van der Waals surface area (Å²) in [5, 5.41) is 19.0. The minimum absolute atomic E-state index is 0.0335. The predicted octanol–water partition coefficient (Wildman–Crippen LogP) is 2.19. The van der Waals surface area contributed by atoms with Gasteiger partial charge in [-0.25, -0.2) is 9.97 Å². The first-order valence-electron chi connectivity index (χ1n) is 8.40. The number of aromatic nitrogens is 4. The summed E-state index contributed by atoms with van der Waals surface area (Å²) < 4.78 is 1.75. The normalized spacial score (nSPS) is 15.6.